The highest BCUT2D eigenvalue weighted by Crippen LogP contribution is 2.14. The summed E-state index contributed by atoms with van der Waals surface area (Å²) in [4.78, 5) is 24.9. The summed E-state index contributed by atoms with van der Waals surface area (Å²) < 4.78 is 5.27. The van der Waals surface area contributed by atoms with Crippen LogP contribution in [0.15, 0.2) is 22.8 Å². The van der Waals surface area contributed by atoms with Crippen molar-refractivity contribution >= 4 is 11.8 Å². The Balaban J connectivity index is 1.81. The van der Waals surface area contributed by atoms with Crippen molar-refractivity contribution in [2.75, 3.05) is 6.54 Å². The van der Waals surface area contributed by atoms with Crippen molar-refractivity contribution in [2.24, 2.45) is 0 Å². The summed E-state index contributed by atoms with van der Waals surface area (Å²) in [7, 11) is 0. The molecule has 1 aromatic rings. The minimum atomic E-state index is -0.362. The van der Waals surface area contributed by atoms with E-state index in [0.717, 1.165) is 18.6 Å². The van der Waals surface area contributed by atoms with E-state index in [9.17, 15) is 9.59 Å². The minimum absolute atomic E-state index is 0.0803. The zero-order valence-corrected chi connectivity index (χ0v) is 11.4. The first-order chi connectivity index (χ1) is 9.11. The predicted molar refractivity (Wildman–Crippen MR) is 70.4 cm³/mol. The summed E-state index contributed by atoms with van der Waals surface area (Å²) in [5.41, 5.74) is 0. The topological polar surface area (TPSA) is 62.6 Å². The van der Waals surface area contributed by atoms with E-state index in [2.05, 4.69) is 5.32 Å². The molecule has 1 aromatic heterocycles. The number of hydrogen-bond donors (Lipinski definition) is 1. The molecule has 1 aliphatic rings. The molecule has 1 N–H and O–H groups in total. The average Bonchev–Trinajstić information content (AvgIpc) is 2.97. The zero-order valence-electron chi connectivity index (χ0n) is 11.4. The third-order valence-electron chi connectivity index (χ3n) is 3.45. The lowest BCUT2D eigenvalue weighted by Crippen LogP contribution is -2.42. The highest BCUT2D eigenvalue weighted by Gasteiger charge is 2.37. The van der Waals surface area contributed by atoms with Crippen molar-refractivity contribution in [3.63, 3.8) is 0 Å². The van der Waals surface area contributed by atoms with Gasteiger partial charge in [0, 0.05) is 19.0 Å². The van der Waals surface area contributed by atoms with Gasteiger partial charge in [0.1, 0.15) is 5.76 Å². The van der Waals surface area contributed by atoms with Crippen LogP contribution in [0.2, 0.25) is 0 Å². The molecule has 19 heavy (non-hydrogen) atoms. The molecule has 0 aliphatic carbocycles. The Morgan fingerprint density at radius 1 is 1.53 bits per heavy atom. The highest BCUT2D eigenvalue weighted by molar-refractivity contribution is 6.05. The lowest BCUT2D eigenvalue weighted by atomic mass is 10.1. The molecule has 0 bridgehead atoms. The van der Waals surface area contributed by atoms with Crippen molar-refractivity contribution in [1.82, 2.24) is 10.2 Å². The molecule has 0 aromatic carbocycles. The second kappa shape index (κ2) is 6.02. The molecule has 0 radical (unpaired) electrons. The van der Waals surface area contributed by atoms with E-state index in [0.29, 0.717) is 6.54 Å². The largest absolute Gasteiger partial charge is 0.469 e. The second-order valence-corrected chi connectivity index (χ2v) is 4.92. The van der Waals surface area contributed by atoms with E-state index in [1.807, 2.05) is 26.0 Å². The Morgan fingerprint density at radius 3 is 2.89 bits per heavy atom. The van der Waals surface area contributed by atoms with E-state index in [1.165, 1.54) is 4.90 Å². The number of nitrogens with zero attached hydrogens (tertiary/aromatic N) is 1. The van der Waals surface area contributed by atoms with Gasteiger partial charge < -0.3 is 9.73 Å². The van der Waals surface area contributed by atoms with Crippen molar-refractivity contribution in [1.29, 1.82) is 0 Å². The fraction of sp³-hybridized carbons (Fsp3) is 0.571. The number of aryl methyl sites for hydroxylation is 1. The molecule has 5 heteroatoms. The van der Waals surface area contributed by atoms with Gasteiger partial charge in [-0.1, -0.05) is 0 Å². The fourth-order valence-electron chi connectivity index (χ4n) is 2.39. The summed E-state index contributed by atoms with van der Waals surface area (Å²) in [5.74, 6) is 0.762. The van der Waals surface area contributed by atoms with Crippen LogP contribution in [0.5, 0.6) is 0 Å². The maximum atomic E-state index is 11.9. The Hall–Kier alpha value is -1.62. The number of carbonyl (C=O) groups is 2. The van der Waals surface area contributed by atoms with E-state index in [4.69, 9.17) is 4.42 Å². The summed E-state index contributed by atoms with van der Waals surface area (Å²) >= 11 is 0. The number of nitrogens with one attached hydrogen (secondary N) is 1. The number of amides is 2. The molecule has 2 heterocycles. The number of rotatable bonds is 6. The van der Waals surface area contributed by atoms with Crippen LogP contribution in [0, 0.1) is 0 Å². The van der Waals surface area contributed by atoms with Crippen molar-refractivity contribution in [2.45, 2.75) is 45.2 Å². The molecule has 1 aliphatic heterocycles. The minimum Gasteiger partial charge on any atom is -0.469 e. The third kappa shape index (κ3) is 3.23. The molecular weight excluding hydrogens is 244 g/mol. The third-order valence-corrected chi connectivity index (χ3v) is 3.45. The molecular formula is C14H20N2O3. The molecule has 2 rings (SSSR count). The van der Waals surface area contributed by atoms with Gasteiger partial charge in [-0.15, -0.1) is 0 Å². The summed E-state index contributed by atoms with van der Waals surface area (Å²) in [6, 6.07) is 3.62. The van der Waals surface area contributed by atoms with Crippen LogP contribution in [0.25, 0.3) is 0 Å². The SMILES string of the molecule is CCN1C(=O)CC(NC(C)CCc2ccco2)C1=O. The number of hydrogen-bond acceptors (Lipinski definition) is 4. The Morgan fingerprint density at radius 2 is 2.32 bits per heavy atom. The van der Waals surface area contributed by atoms with Crippen LogP contribution >= 0.6 is 0 Å². The Bertz CT molecular complexity index is 442. The first-order valence-corrected chi connectivity index (χ1v) is 6.74. The molecule has 0 spiro atoms. The summed E-state index contributed by atoms with van der Waals surface area (Å²) in [6.45, 7) is 4.30. The van der Waals surface area contributed by atoms with Gasteiger partial charge >= 0.3 is 0 Å². The van der Waals surface area contributed by atoms with Gasteiger partial charge in [0.05, 0.1) is 18.7 Å². The van der Waals surface area contributed by atoms with Crippen molar-refractivity contribution in [3.8, 4) is 0 Å². The Kier molecular flexibility index (Phi) is 4.37. The zero-order chi connectivity index (χ0) is 13.8. The lowest BCUT2D eigenvalue weighted by Gasteiger charge is -2.18. The van der Waals surface area contributed by atoms with Crippen molar-refractivity contribution in [3.05, 3.63) is 24.2 Å². The summed E-state index contributed by atoms with van der Waals surface area (Å²) in [6.07, 6.45) is 3.63. The number of likely N-dealkylation sites (tertiary alicyclic amines) is 1. The van der Waals surface area contributed by atoms with Crippen molar-refractivity contribution < 1.29 is 14.0 Å². The maximum Gasteiger partial charge on any atom is 0.246 e. The first-order valence-electron chi connectivity index (χ1n) is 6.74. The summed E-state index contributed by atoms with van der Waals surface area (Å²) in [5, 5.41) is 3.23. The first kappa shape index (κ1) is 13.8. The predicted octanol–water partition coefficient (Wildman–Crippen LogP) is 1.34. The second-order valence-electron chi connectivity index (χ2n) is 4.92. The van der Waals surface area contributed by atoms with Crippen LogP contribution < -0.4 is 5.32 Å². The molecule has 2 atom stereocenters. The normalized spacial score (nSPS) is 21.2. The van der Waals surface area contributed by atoms with E-state index in [-0.39, 0.29) is 30.3 Å². The number of imide groups is 1. The highest BCUT2D eigenvalue weighted by atomic mass is 16.3. The van der Waals surface area contributed by atoms with Crippen LogP contribution in [-0.2, 0) is 16.0 Å². The lowest BCUT2D eigenvalue weighted by molar-refractivity contribution is -0.138. The number of furan rings is 1. The van der Waals surface area contributed by atoms with Gasteiger partial charge in [0.15, 0.2) is 0 Å². The number of likely N-dealkylation sites (N-methyl/N-ethyl adjacent to an activating group) is 1. The molecule has 104 valence electrons. The Labute approximate surface area is 113 Å². The molecule has 2 unspecified atom stereocenters. The van der Waals surface area contributed by atoms with E-state index in [1.54, 1.807) is 6.26 Å². The van der Waals surface area contributed by atoms with E-state index >= 15 is 0 Å². The number of carbonyl (C=O) groups excluding carboxylic acids is 2. The van der Waals surface area contributed by atoms with Gasteiger partial charge in [-0.25, -0.2) is 0 Å². The van der Waals surface area contributed by atoms with E-state index < -0.39 is 0 Å². The molecule has 0 saturated carbocycles. The molecule has 1 saturated heterocycles. The van der Waals surface area contributed by atoms with Gasteiger partial charge in [-0.3, -0.25) is 14.5 Å². The standard InChI is InChI=1S/C14H20N2O3/c1-3-16-13(17)9-12(14(16)18)15-10(2)6-7-11-5-4-8-19-11/h4-5,8,10,12,15H,3,6-7,9H2,1-2H3. The molecule has 2 amide bonds. The van der Waals surface area contributed by atoms with Crippen LogP contribution in [-0.4, -0.2) is 35.3 Å². The monoisotopic (exact) mass is 264 g/mol. The maximum absolute atomic E-state index is 11.9. The van der Waals surface area contributed by atoms with Gasteiger partial charge in [0.2, 0.25) is 11.8 Å². The van der Waals surface area contributed by atoms with Crippen LogP contribution in [0.3, 0.4) is 0 Å². The van der Waals surface area contributed by atoms with Gasteiger partial charge in [0.25, 0.3) is 0 Å². The average molecular weight is 264 g/mol. The smallest absolute Gasteiger partial charge is 0.246 e. The molecule has 5 nitrogen and oxygen atoms in total. The van der Waals surface area contributed by atoms with Crippen LogP contribution in [0.4, 0.5) is 0 Å². The quantitative estimate of drug-likeness (QED) is 0.788. The molecule has 1 fully saturated rings. The fourth-order valence-corrected chi connectivity index (χ4v) is 2.39. The van der Waals surface area contributed by atoms with Gasteiger partial charge in [-0.05, 0) is 32.4 Å². The van der Waals surface area contributed by atoms with Crippen LogP contribution in [0.1, 0.15) is 32.4 Å². The van der Waals surface area contributed by atoms with Gasteiger partial charge in [-0.2, -0.15) is 0 Å².